The molecule has 1 aliphatic rings. The maximum Gasteiger partial charge on any atom is 0.338 e. The summed E-state index contributed by atoms with van der Waals surface area (Å²) in [5, 5.41) is 0. The van der Waals surface area contributed by atoms with Crippen LogP contribution in [0.2, 0.25) is 0 Å². The van der Waals surface area contributed by atoms with Gasteiger partial charge < -0.3 is 9.47 Å². The van der Waals surface area contributed by atoms with E-state index in [0.29, 0.717) is 12.2 Å². The number of ether oxygens (including phenoxy) is 2. The Hall–Kier alpha value is -1.84. The number of carbonyl (C=O) groups excluding carboxylic acids is 2. The Bertz CT molecular complexity index is 489. The molecule has 1 aliphatic carbocycles. The Kier molecular flexibility index (Phi) is 7.11. The molecule has 1 aromatic rings. The van der Waals surface area contributed by atoms with Crippen molar-refractivity contribution >= 4 is 11.9 Å². The van der Waals surface area contributed by atoms with Gasteiger partial charge in [-0.2, -0.15) is 0 Å². The lowest BCUT2D eigenvalue weighted by molar-refractivity contribution is -0.150. The SMILES string of the molecule is CCCCCOC(=O)C1CCC(OC(=O)c2ccccc2)CC1. The number of unbranched alkanes of at least 4 members (excludes halogenated alkanes) is 2. The van der Waals surface area contributed by atoms with Crippen molar-refractivity contribution < 1.29 is 19.1 Å². The van der Waals surface area contributed by atoms with E-state index in [2.05, 4.69) is 6.92 Å². The molecule has 0 heterocycles. The van der Waals surface area contributed by atoms with Gasteiger partial charge in [-0.15, -0.1) is 0 Å². The second-order valence-electron chi connectivity index (χ2n) is 6.12. The van der Waals surface area contributed by atoms with Gasteiger partial charge in [0.05, 0.1) is 18.1 Å². The third kappa shape index (κ3) is 5.70. The van der Waals surface area contributed by atoms with Gasteiger partial charge in [-0.3, -0.25) is 4.79 Å². The zero-order chi connectivity index (χ0) is 16.5. The summed E-state index contributed by atoms with van der Waals surface area (Å²) in [4.78, 5) is 24.0. The highest BCUT2D eigenvalue weighted by Gasteiger charge is 2.29. The van der Waals surface area contributed by atoms with Crippen LogP contribution in [0.25, 0.3) is 0 Å². The minimum absolute atomic E-state index is 0.0386. The Morgan fingerprint density at radius 1 is 1.04 bits per heavy atom. The predicted octanol–water partition coefficient (Wildman–Crippen LogP) is 4.14. The van der Waals surface area contributed by atoms with Crippen LogP contribution in [-0.4, -0.2) is 24.6 Å². The molecule has 0 amide bonds. The number of rotatable bonds is 7. The van der Waals surface area contributed by atoms with Gasteiger partial charge in [0.2, 0.25) is 0 Å². The number of benzene rings is 1. The summed E-state index contributed by atoms with van der Waals surface area (Å²) in [7, 11) is 0. The van der Waals surface area contributed by atoms with Gasteiger partial charge in [0, 0.05) is 0 Å². The van der Waals surface area contributed by atoms with E-state index in [4.69, 9.17) is 9.47 Å². The fourth-order valence-electron chi connectivity index (χ4n) is 2.85. The molecule has 0 spiro atoms. The molecule has 23 heavy (non-hydrogen) atoms. The smallest absolute Gasteiger partial charge is 0.338 e. The molecule has 0 unspecified atom stereocenters. The number of hydrogen-bond acceptors (Lipinski definition) is 4. The van der Waals surface area contributed by atoms with Crippen LogP contribution < -0.4 is 0 Å². The second-order valence-corrected chi connectivity index (χ2v) is 6.12. The van der Waals surface area contributed by atoms with Crippen molar-refractivity contribution in [2.24, 2.45) is 5.92 Å². The van der Waals surface area contributed by atoms with Crippen LogP contribution in [0.5, 0.6) is 0 Å². The normalized spacial score (nSPS) is 20.7. The molecular weight excluding hydrogens is 292 g/mol. The average molecular weight is 318 g/mol. The van der Waals surface area contributed by atoms with Crippen molar-refractivity contribution in [2.75, 3.05) is 6.61 Å². The molecule has 4 nitrogen and oxygen atoms in total. The monoisotopic (exact) mass is 318 g/mol. The van der Waals surface area contributed by atoms with Crippen LogP contribution in [0, 0.1) is 5.92 Å². The first-order chi connectivity index (χ1) is 11.2. The third-order valence-electron chi connectivity index (χ3n) is 4.28. The lowest BCUT2D eigenvalue weighted by atomic mass is 9.87. The highest BCUT2D eigenvalue weighted by atomic mass is 16.5. The summed E-state index contributed by atoms with van der Waals surface area (Å²) in [5.41, 5.74) is 0.574. The highest BCUT2D eigenvalue weighted by Crippen LogP contribution is 2.28. The fraction of sp³-hybridized carbons (Fsp3) is 0.579. The molecule has 0 bridgehead atoms. The van der Waals surface area contributed by atoms with E-state index in [0.717, 1.165) is 44.9 Å². The lowest BCUT2D eigenvalue weighted by Gasteiger charge is -2.27. The molecule has 0 atom stereocenters. The van der Waals surface area contributed by atoms with Gasteiger partial charge in [0.15, 0.2) is 0 Å². The summed E-state index contributed by atoms with van der Waals surface area (Å²) < 4.78 is 10.9. The Labute approximate surface area is 138 Å². The summed E-state index contributed by atoms with van der Waals surface area (Å²) >= 11 is 0. The van der Waals surface area contributed by atoms with Gasteiger partial charge in [0.1, 0.15) is 6.10 Å². The molecule has 0 aromatic heterocycles. The Morgan fingerprint density at radius 2 is 1.74 bits per heavy atom. The number of carbonyl (C=O) groups is 2. The van der Waals surface area contributed by atoms with Crippen LogP contribution in [0.3, 0.4) is 0 Å². The van der Waals surface area contributed by atoms with Crippen molar-refractivity contribution in [1.29, 1.82) is 0 Å². The molecule has 0 radical (unpaired) electrons. The maximum atomic E-state index is 12.0. The van der Waals surface area contributed by atoms with Crippen LogP contribution in [-0.2, 0) is 14.3 Å². The molecular formula is C19H26O4. The first kappa shape index (κ1) is 17.5. The molecule has 0 saturated heterocycles. The van der Waals surface area contributed by atoms with Gasteiger partial charge in [-0.25, -0.2) is 4.79 Å². The largest absolute Gasteiger partial charge is 0.465 e. The van der Waals surface area contributed by atoms with E-state index in [1.54, 1.807) is 12.1 Å². The standard InChI is InChI=1S/C19H26O4/c1-2-3-7-14-22-18(20)16-10-12-17(13-11-16)23-19(21)15-8-5-4-6-9-15/h4-6,8-9,16-17H,2-3,7,10-14H2,1H3. The van der Waals surface area contributed by atoms with E-state index in [-0.39, 0.29) is 24.0 Å². The Balaban J connectivity index is 1.69. The van der Waals surface area contributed by atoms with E-state index in [1.165, 1.54) is 0 Å². The van der Waals surface area contributed by atoms with Gasteiger partial charge in [-0.1, -0.05) is 38.0 Å². The van der Waals surface area contributed by atoms with Crippen molar-refractivity contribution in [3.63, 3.8) is 0 Å². The first-order valence-corrected chi connectivity index (χ1v) is 8.63. The van der Waals surface area contributed by atoms with Crippen LogP contribution in [0.4, 0.5) is 0 Å². The second kappa shape index (κ2) is 9.33. The first-order valence-electron chi connectivity index (χ1n) is 8.63. The van der Waals surface area contributed by atoms with Gasteiger partial charge in [0.25, 0.3) is 0 Å². The van der Waals surface area contributed by atoms with Crippen molar-refractivity contribution in [3.05, 3.63) is 35.9 Å². The molecule has 0 N–H and O–H groups in total. The molecule has 4 heteroatoms. The lowest BCUT2D eigenvalue weighted by Crippen LogP contribution is -2.29. The van der Waals surface area contributed by atoms with E-state index in [9.17, 15) is 9.59 Å². The summed E-state index contributed by atoms with van der Waals surface area (Å²) in [6, 6.07) is 9.02. The maximum absolute atomic E-state index is 12.0. The molecule has 1 fully saturated rings. The molecule has 0 aliphatic heterocycles. The van der Waals surface area contributed by atoms with E-state index < -0.39 is 0 Å². The zero-order valence-electron chi connectivity index (χ0n) is 13.8. The number of hydrogen-bond donors (Lipinski definition) is 0. The molecule has 2 rings (SSSR count). The molecule has 126 valence electrons. The third-order valence-corrected chi connectivity index (χ3v) is 4.28. The predicted molar refractivity (Wildman–Crippen MR) is 88.1 cm³/mol. The van der Waals surface area contributed by atoms with Crippen LogP contribution in [0.15, 0.2) is 30.3 Å². The Morgan fingerprint density at radius 3 is 2.39 bits per heavy atom. The van der Waals surface area contributed by atoms with Crippen molar-refractivity contribution in [1.82, 2.24) is 0 Å². The van der Waals surface area contributed by atoms with Crippen molar-refractivity contribution in [3.8, 4) is 0 Å². The van der Waals surface area contributed by atoms with E-state index in [1.807, 2.05) is 18.2 Å². The summed E-state index contributed by atoms with van der Waals surface area (Å²) in [6.45, 7) is 2.65. The fourth-order valence-corrected chi connectivity index (χ4v) is 2.85. The molecule has 1 saturated carbocycles. The van der Waals surface area contributed by atoms with Crippen LogP contribution >= 0.6 is 0 Å². The zero-order valence-corrected chi connectivity index (χ0v) is 13.8. The quantitative estimate of drug-likeness (QED) is 0.560. The summed E-state index contributed by atoms with van der Waals surface area (Å²) in [5.74, 6) is -0.409. The minimum Gasteiger partial charge on any atom is -0.465 e. The van der Waals surface area contributed by atoms with Gasteiger partial charge in [-0.05, 0) is 44.2 Å². The number of esters is 2. The van der Waals surface area contributed by atoms with Crippen molar-refractivity contribution in [2.45, 2.75) is 58.0 Å². The minimum atomic E-state index is -0.281. The van der Waals surface area contributed by atoms with E-state index >= 15 is 0 Å². The summed E-state index contributed by atoms with van der Waals surface area (Å²) in [6.07, 6.45) is 5.99. The highest BCUT2D eigenvalue weighted by molar-refractivity contribution is 5.89. The average Bonchev–Trinajstić information content (AvgIpc) is 2.60. The van der Waals surface area contributed by atoms with Gasteiger partial charge >= 0.3 is 11.9 Å². The molecule has 1 aromatic carbocycles. The van der Waals surface area contributed by atoms with Crippen LogP contribution in [0.1, 0.15) is 62.2 Å². The topological polar surface area (TPSA) is 52.6 Å².